The number of allylic oxidation sites excluding steroid dienone is 1. The Labute approximate surface area is 330 Å². The number of Topliss-reactive ketones (excluding diaryl/α,β-unsaturated/α-hetero) is 2. The highest BCUT2D eigenvalue weighted by Gasteiger charge is 2.78. The molecule has 10 atom stereocenters. The molecule has 57 heavy (non-hydrogen) atoms. The number of benzene rings is 2. The number of carbonyl (C=O) groups is 6. The summed E-state index contributed by atoms with van der Waals surface area (Å²) in [7, 11) is 0. The number of aliphatic hydroxyl groups is 3. The third-order valence-electron chi connectivity index (χ3n) is 12.8. The lowest BCUT2D eigenvalue weighted by molar-refractivity contribution is -0.343. The van der Waals surface area contributed by atoms with Crippen LogP contribution in [-0.4, -0.2) is 99.0 Å². The zero-order chi connectivity index (χ0) is 41.8. The summed E-state index contributed by atoms with van der Waals surface area (Å²) in [6.07, 6.45) is -7.14. The van der Waals surface area contributed by atoms with Crippen LogP contribution < -0.4 is 5.32 Å². The number of nitrogens with one attached hydrogen (secondary N) is 1. The van der Waals surface area contributed by atoms with Gasteiger partial charge < -0.3 is 39.6 Å². The fourth-order valence-corrected chi connectivity index (χ4v) is 9.30. The summed E-state index contributed by atoms with van der Waals surface area (Å²) in [5, 5.41) is 39.4. The Morgan fingerprint density at radius 3 is 2.14 bits per heavy atom. The minimum absolute atomic E-state index is 0.0698. The molecule has 2 bridgehead atoms. The Morgan fingerprint density at radius 1 is 0.965 bits per heavy atom. The molecule has 3 fully saturated rings. The largest absolute Gasteiger partial charge is 0.456 e. The highest BCUT2D eigenvalue weighted by molar-refractivity contribution is 6.46. The van der Waals surface area contributed by atoms with Gasteiger partial charge in [-0.3, -0.25) is 19.2 Å². The predicted octanol–water partition coefficient (Wildman–Crippen LogP) is 3.03. The zero-order valence-electron chi connectivity index (χ0n) is 32.9. The number of ether oxygens (including phenoxy) is 4. The highest BCUT2D eigenvalue weighted by Crippen LogP contribution is 2.63. The Hall–Kier alpha value is -5.02. The summed E-state index contributed by atoms with van der Waals surface area (Å²) < 4.78 is 24.0. The van der Waals surface area contributed by atoms with Gasteiger partial charge in [0, 0.05) is 36.3 Å². The number of ketones is 2. The third kappa shape index (κ3) is 6.61. The number of carbonyl (C=O) groups excluding carboxylic acids is 6. The van der Waals surface area contributed by atoms with Crippen LogP contribution in [0.1, 0.15) is 83.3 Å². The second-order valence-corrected chi connectivity index (χ2v) is 16.2. The average molecular weight is 788 g/mol. The Morgan fingerprint density at radius 2 is 1.58 bits per heavy atom. The Bertz CT molecular complexity index is 2040. The first-order chi connectivity index (χ1) is 26.8. The first-order valence-electron chi connectivity index (χ1n) is 18.9. The quantitative estimate of drug-likeness (QED) is 0.125. The topological polar surface area (TPSA) is 212 Å². The molecule has 2 saturated carbocycles. The van der Waals surface area contributed by atoms with Crippen molar-refractivity contribution < 1.29 is 63.0 Å². The van der Waals surface area contributed by atoms with E-state index in [1.807, 2.05) is 0 Å². The Kier molecular flexibility index (Phi) is 11.0. The van der Waals surface area contributed by atoms with E-state index in [0.717, 1.165) is 6.92 Å². The van der Waals surface area contributed by atoms with Gasteiger partial charge in [0.15, 0.2) is 11.7 Å². The minimum atomic E-state index is -2.40. The van der Waals surface area contributed by atoms with Gasteiger partial charge in [-0.25, -0.2) is 9.59 Å². The average Bonchev–Trinajstić information content (AvgIpc) is 3.18. The van der Waals surface area contributed by atoms with E-state index in [2.05, 4.69) is 5.32 Å². The fourth-order valence-electron chi connectivity index (χ4n) is 9.30. The van der Waals surface area contributed by atoms with Gasteiger partial charge in [-0.2, -0.15) is 0 Å². The van der Waals surface area contributed by atoms with E-state index >= 15 is 0 Å². The van der Waals surface area contributed by atoms with E-state index in [1.165, 1.54) is 39.8 Å². The third-order valence-corrected chi connectivity index (χ3v) is 12.8. The van der Waals surface area contributed by atoms with Crippen molar-refractivity contribution >= 4 is 35.4 Å². The molecule has 1 saturated heterocycles. The maximum Gasteiger partial charge on any atom is 0.338 e. The molecule has 2 aromatic rings. The summed E-state index contributed by atoms with van der Waals surface area (Å²) >= 11 is 0. The van der Waals surface area contributed by atoms with Crippen LogP contribution in [0.25, 0.3) is 0 Å². The molecule has 1 amide bonds. The molecule has 0 aromatic heterocycles. The molecule has 1 unspecified atom stereocenters. The van der Waals surface area contributed by atoms with Crippen LogP contribution in [-0.2, 0) is 42.9 Å². The van der Waals surface area contributed by atoms with Gasteiger partial charge >= 0.3 is 17.9 Å². The number of hydrogen-bond donors (Lipinski definition) is 4. The lowest BCUT2D eigenvalue weighted by Crippen LogP contribution is -2.81. The second kappa shape index (κ2) is 15.1. The van der Waals surface area contributed by atoms with Crippen molar-refractivity contribution in [2.75, 3.05) is 6.61 Å². The summed E-state index contributed by atoms with van der Waals surface area (Å²) in [4.78, 5) is 83.5. The molecule has 14 nitrogen and oxygen atoms in total. The number of fused-ring (bicyclic) bond motifs is 5. The summed E-state index contributed by atoms with van der Waals surface area (Å²) in [5.74, 6) is -7.27. The van der Waals surface area contributed by atoms with Gasteiger partial charge in [0.05, 0.1) is 35.6 Å². The molecule has 6 rings (SSSR count). The van der Waals surface area contributed by atoms with Crippen LogP contribution in [0.5, 0.6) is 0 Å². The predicted molar refractivity (Wildman–Crippen MR) is 201 cm³/mol. The normalized spacial score (nSPS) is 32.9. The van der Waals surface area contributed by atoms with Crippen molar-refractivity contribution in [1.29, 1.82) is 0 Å². The molecule has 1 aliphatic heterocycles. The van der Waals surface area contributed by atoms with Crippen molar-refractivity contribution in [3.8, 4) is 0 Å². The van der Waals surface area contributed by atoms with Gasteiger partial charge in [0.2, 0.25) is 17.5 Å². The maximum atomic E-state index is 14.8. The number of hydrogen-bond acceptors (Lipinski definition) is 13. The second-order valence-electron chi connectivity index (χ2n) is 16.2. The number of rotatable bonds is 9. The molecule has 4 aliphatic rings. The SMILES string of the molecule is C/C=C(\C)C(=O)N[C@@H](c1ccccc1)[C@@H](O)C(=O)O[C@H]1C[C@@]2(O)[C@@H](OC(=O)c3ccccc3)[C@H]3[C@](C)(C(=O)C(=O)C(=C1C)C2(C)C)[C@H](O)CC1OC[C@]13OC(C)=O. The van der Waals surface area contributed by atoms with Crippen molar-refractivity contribution in [1.82, 2.24) is 5.32 Å². The number of aliphatic hydroxyl groups excluding tert-OH is 2. The highest BCUT2D eigenvalue weighted by atomic mass is 16.6. The van der Waals surface area contributed by atoms with Crippen LogP contribution in [0, 0.1) is 16.7 Å². The first-order valence-corrected chi connectivity index (χ1v) is 18.9. The van der Waals surface area contributed by atoms with E-state index in [4.69, 9.17) is 18.9 Å². The van der Waals surface area contributed by atoms with E-state index in [0.29, 0.717) is 11.1 Å². The molecule has 304 valence electrons. The van der Waals surface area contributed by atoms with Gasteiger partial charge in [-0.1, -0.05) is 68.5 Å². The summed E-state index contributed by atoms with van der Waals surface area (Å²) in [5.41, 5.74) is -7.38. The van der Waals surface area contributed by atoms with Crippen LogP contribution in [0.2, 0.25) is 0 Å². The Balaban J connectivity index is 1.51. The molecule has 3 aliphatic carbocycles. The van der Waals surface area contributed by atoms with Crippen molar-refractivity contribution in [3.05, 3.63) is 94.6 Å². The molecule has 2 aromatic carbocycles. The number of amides is 1. The molecule has 4 N–H and O–H groups in total. The van der Waals surface area contributed by atoms with Crippen LogP contribution in [0.3, 0.4) is 0 Å². The monoisotopic (exact) mass is 787 g/mol. The molecule has 1 heterocycles. The van der Waals surface area contributed by atoms with Crippen molar-refractivity contribution in [3.63, 3.8) is 0 Å². The molecule has 0 radical (unpaired) electrons. The van der Waals surface area contributed by atoms with Crippen LogP contribution >= 0.6 is 0 Å². The molecule has 14 heteroatoms. The van der Waals surface area contributed by atoms with E-state index < -0.39 is 106 Å². The lowest BCUT2D eigenvalue weighted by atomic mass is 9.45. The van der Waals surface area contributed by atoms with Crippen LogP contribution in [0.4, 0.5) is 0 Å². The fraction of sp³-hybridized carbons (Fsp3) is 0.488. The summed E-state index contributed by atoms with van der Waals surface area (Å²) in [6, 6.07) is 14.8. The maximum absolute atomic E-state index is 14.8. The van der Waals surface area contributed by atoms with E-state index in [9.17, 15) is 44.1 Å². The smallest absolute Gasteiger partial charge is 0.338 e. The minimum Gasteiger partial charge on any atom is -0.456 e. The standard InChI is InChI=1S/C43H49NO13/c1-8-22(2)37(50)44-31(25-15-11-9-12-16-25)33(48)39(52)55-27-20-43(53)36(56-38(51)26-17-13-10-14-18-26)34-41(7,35(49)32(47)30(23(27)3)40(43,5)6)28(46)19-29-42(34,21-54-29)57-24(4)45/h8-18,27-29,31,33-34,36,46,48,53H,19-21H2,1-7H3,(H,44,50)/b22-8+/t27-,28+,29?,31-,33+,34-,36-,41+,42-,43+/m0/s1. The molecular weight excluding hydrogens is 738 g/mol. The van der Waals surface area contributed by atoms with Gasteiger partial charge in [0.1, 0.15) is 23.9 Å². The number of esters is 3. The van der Waals surface area contributed by atoms with Crippen molar-refractivity contribution in [2.24, 2.45) is 16.7 Å². The van der Waals surface area contributed by atoms with Crippen molar-refractivity contribution in [2.45, 2.75) is 109 Å². The van der Waals surface area contributed by atoms with Crippen LogP contribution in [0.15, 0.2) is 83.5 Å². The summed E-state index contributed by atoms with van der Waals surface area (Å²) in [6.45, 7) is 9.82. The lowest BCUT2D eigenvalue weighted by Gasteiger charge is -2.66. The first kappa shape index (κ1) is 41.6. The van der Waals surface area contributed by atoms with Gasteiger partial charge in [-0.15, -0.1) is 0 Å². The molecular formula is C43H49NO13. The van der Waals surface area contributed by atoms with E-state index in [1.54, 1.807) is 68.5 Å². The van der Waals surface area contributed by atoms with Gasteiger partial charge in [-0.05, 0) is 51.0 Å². The van der Waals surface area contributed by atoms with E-state index in [-0.39, 0.29) is 29.7 Å². The van der Waals surface area contributed by atoms with Gasteiger partial charge in [0.25, 0.3) is 0 Å². The molecule has 0 spiro atoms. The zero-order valence-corrected chi connectivity index (χ0v) is 32.9.